The summed E-state index contributed by atoms with van der Waals surface area (Å²) < 4.78 is 25.1. The molecule has 0 aliphatic carbocycles. The van der Waals surface area contributed by atoms with E-state index in [1.165, 1.54) is 6.07 Å². The number of hydrogen-bond acceptors (Lipinski definition) is 4. The molecule has 19 heavy (non-hydrogen) atoms. The van der Waals surface area contributed by atoms with E-state index in [4.69, 9.17) is 17.3 Å². The normalized spacial score (nSPS) is 11.3. The first-order chi connectivity index (χ1) is 8.87. The van der Waals surface area contributed by atoms with Crippen LogP contribution in [0.4, 0.5) is 5.69 Å². The van der Waals surface area contributed by atoms with E-state index in [2.05, 4.69) is 10.0 Å². The van der Waals surface area contributed by atoms with Crippen LogP contribution < -0.4 is 15.8 Å². The number of hydrogen-bond donors (Lipinski definition) is 3. The van der Waals surface area contributed by atoms with Crippen LogP contribution in [-0.2, 0) is 10.0 Å². The lowest BCUT2D eigenvalue weighted by Crippen LogP contribution is -2.34. The minimum Gasteiger partial charge on any atom is -0.398 e. The Morgan fingerprint density at radius 3 is 2.74 bits per heavy atom. The summed E-state index contributed by atoms with van der Waals surface area (Å²) in [5.41, 5.74) is 6.10. The Bertz CT molecular complexity index is 560. The van der Waals surface area contributed by atoms with Crippen molar-refractivity contribution in [2.45, 2.75) is 6.92 Å². The third kappa shape index (κ3) is 4.70. The molecule has 0 radical (unpaired) electrons. The number of rotatable bonds is 6. The number of nitrogens with one attached hydrogen (secondary N) is 2. The number of nitrogen functional groups attached to an aromatic ring is 1. The van der Waals surface area contributed by atoms with Crippen molar-refractivity contribution >= 4 is 33.2 Å². The molecule has 0 saturated carbocycles. The van der Waals surface area contributed by atoms with Crippen molar-refractivity contribution in [3.8, 4) is 0 Å². The minimum absolute atomic E-state index is 0.000700. The summed E-state index contributed by atoms with van der Waals surface area (Å²) in [5.74, 6) is -0.643. The van der Waals surface area contributed by atoms with Crippen molar-refractivity contribution in [1.82, 2.24) is 10.0 Å². The van der Waals surface area contributed by atoms with Gasteiger partial charge in [0.25, 0.3) is 5.91 Å². The maximum absolute atomic E-state index is 11.8. The first-order valence-electron chi connectivity index (χ1n) is 5.67. The summed E-state index contributed by atoms with van der Waals surface area (Å²) in [4.78, 5) is 11.8. The maximum Gasteiger partial charge on any atom is 0.252 e. The lowest BCUT2D eigenvalue weighted by molar-refractivity contribution is 0.0956. The highest BCUT2D eigenvalue weighted by Gasteiger charge is 2.13. The molecule has 0 atom stereocenters. The molecule has 8 heteroatoms. The summed E-state index contributed by atoms with van der Waals surface area (Å²) >= 11 is 5.89. The van der Waals surface area contributed by atoms with E-state index in [1.54, 1.807) is 19.1 Å². The fourth-order valence-corrected chi connectivity index (χ4v) is 2.58. The minimum atomic E-state index is -3.35. The molecular formula is C11H16ClN3O3S. The van der Waals surface area contributed by atoms with Gasteiger partial charge in [-0.15, -0.1) is 0 Å². The van der Waals surface area contributed by atoms with Gasteiger partial charge in [0.2, 0.25) is 10.0 Å². The predicted octanol–water partition coefficient (Wildman–Crippen LogP) is 0.591. The second-order valence-electron chi connectivity index (χ2n) is 3.78. The van der Waals surface area contributed by atoms with Gasteiger partial charge < -0.3 is 11.1 Å². The van der Waals surface area contributed by atoms with Crippen molar-refractivity contribution in [1.29, 1.82) is 0 Å². The van der Waals surface area contributed by atoms with Crippen LogP contribution >= 0.6 is 11.6 Å². The van der Waals surface area contributed by atoms with Crippen LogP contribution in [0.5, 0.6) is 0 Å². The Morgan fingerprint density at radius 2 is 2.11 bits per heavy atom. The molecule has 6 nitrogen and oxygen atoms in total. The van der Waals surface area contributed by atoms with Crippen LogP contribution in [0.15, 0.2) is 18.2 Å². The molecule has 106 valence electrons. The van der Waals surface area contributed by atoms with Gasteiger partial charge in [0, 0.05) is 13.1 Å². The van der Waals surface area contributed by atoms with Crippen molar-refractivity contribution in [3.63, 3.8) is 0 Å². The second kappa shape index (κ2) is 6.74. The smallest absolute Gasteiger partial charge is 0.252 e. The van der Waals surface area contributed by atoms with E-state index in [0.717, 1.165) is 0 Å². The number of carbonyl (C=O) groups is 1. The van der Waals surface area contributed by atoms with Crippen LogP contribution in [-0.4, -0.2) is 33.2 Å². The Balaban J connectivity index is 2.60. The molecule has 0 bridgehead atoms. The summed E-state index contributed by atoms with van der Waals surface area (Å²) in [6, 6.07) is 4.70. The van der Waals surface area contributed by atoms with Gasteiger partial charge in [-0.3, -0.25) is 4.79 Å². The number of benzene rings is 1. The number of sulfonamides is 1. The second-order valence-corrected chi connectivity index (χ2v) is 6.09. The summed E-state index contributed by atoms with van der Waals surface area (Å²) in [5, 5.41) is 2.65. The molecule has 1 aromatic carbocycles. The highest BCUT2D eigenvalue weighted by molar-refractivity contribution is 7.89. The Morgan fingerprint density at radius 1 is 1.42 bits per heavy atom. The van der Waals surface area contributed by atoms with Gasteiger partial charge in [-0.2, -0.15) is 0 Å². The van der Waals surface area contributed by atoms with Crippen molar-refractivity contribution in [2.75, 3.05) is 24.6 Å². The number of amides is 1. The first kappa shape index (κ1) is 15.7. The quantitative estimate of drug-likeness (QED) is 0.670. The van der Waals surface area contributed by atoms with Gasteiger partial charge in [0.15, 0.2) is 0 Å². The maximum atomic E-state index is 11.8. The standard InChI is InChI=1S/C11H16ClN3O3S/c1-2-15-19(17,18)7-6-14-11(16)8-4-3-5-9(13)10(8)12/h3-5,15H,2,6-7,13H2,1H3,(H,14,16). The van der Waals surface area contributed by atoms with Crippen LogP contribution in [0, 0.1) is 0 Å². The number of halogens is 1. The average Bonchev–Trinajstić information content (AvgIpc) is 2.32. The molecule has 0 unspecified atom stereocenters. The van der Waals surface area contributed by atoms with E-state index in [9.17, 15) is 13.2 Å². The zero-order valence-corrected chi connectivity index (χ0v) is 12.0. The number of carbonyl (C=O) groups excluding carboxylic acids is 1. The Hall–Kier alpha value is -1.31. The van der Waals surface area contributed by atoms with E-state index in [0.29, 0.717) is 12.2 Å². The van der Waals surface area contributed by atoms with E-state index >= 15 is 0 Å². The highest BCUT2D eigenvalue weighted by Crippen LogP contribution is 2.22. The first-order valence-corrected chi connectivity index (χ1v) is 7.70. The monoisotopic (exact) mass is 305 g/mol. The SMILES string of the molecule is CCNS(=O)(=O)CCNC(=O)c1cccc(N)c1Cl. The topological polar surface area (TPSA) is 101 Å². The van der Waals surface area contributed by atoms with E-state index < -0.39 is 15.9 Å². The van der Waals surface area contributed by atoms with Crippen LogP contribution in [0.2, 0.25) is 5.02 Å². The Kier molecular flexibility index (Phi) is 5.59. The molecule has 0 aliphatic rings. The van der Waals surface area contributed by atoms with Gasteiger partial charge in [-0.1, -0.05) is 24.6 Å². The molecule has 0 aromatic heterocycles. The molecule has 1 amide bonds. The van der Waals surface area contributed by atoms with Crippen LogP contribution in [0.25, 0.3) is 0 Å². The third-order valence-electron chi connectivity index (χ3n) is 2.29. The molecule has 4 N–H and O–H groups in total. The van der Waals surface area contributed by atoms with Gasteiger partial charge in [-0.25, -0.2) is 13.1 Å². The third-order valence-corrected chi connectivity index (χ3v) is 4.19. The number of anilines is 1. The summed E-state index contributed by atoms with van der Waals surface area (Å²) in [6.07, 6.45) is 0. The fraction of sp³-hybridized carbons (Fsp3) is 0.364. The highest BCUT2D eigenvalue weighted by atomic mass is 35.5. The van der Waals surface area contributed by atoms with Crippen molar-refractivity contribution < 1.29 is 13.2 Å². The summed E-state index contributed by atoms with van der Waals surface area (Å²) in [7, 11) is -3.35. The van der Waals surface area contributed by atoms with Crippen LogP contribution in [0.1, 0.15) is 17.3 Å². The molecule has 1 rings (SSSR count). The Labute approximate surface area is 117 Å². The van der Waals surface area contributed by atoms with E-state index in [1.807, 2.05) is 0 Å². The van der Waals surface area contributed by atoms with Gasteiger partial charge in [0.05, 0.1) is 22.0 Å². The lowest BCUT2D eigenvalue weighted by atomic mass is 10.2. The molecule has 0 saturated heterocycles. The fourth-order valence-electron chi connectivity index (χ4n) is 1.41. The lowest BCUT2D eigenvalue weighted by Gasteiger charge is -2.08. The van der Waals surface area contributed by atoms with Gasteiger partial charge in [-0.05, 0) is 12.1 Å². The zero-order valence-electron chi connectivity index (χ0n) is 10.4. The zero-order chi connectivity index (χ0) is 14.5. The number of nitrogens with two attached hydrogens (primary N) is 1. The predicted molar refractivity (Wildman–Crippen MR) is 75.7 cm³/mol. The van der Waals surface area contributed by atoms with Gasteiger partial charge >= 0.3 is 0 Å². The molecule has 0 spiro atoms. The van der Waals surface area contributed by atoms with E-state index in [-0.39, 0.29) is 22.9 Å². The van der Waals surface area contributed by atoms with Gasteiger partial charge in [0.1, 0.15) is 0 Å². The van der Waals surface area contributed by atoms with Crippen molar-refractivity contribution in [3.05, 3.63) is 28.8 Å². The average molecular weight is 306 g/mol. The summed E-state index contributed by atoms with van der Waals surface area (Å²) in [6.45, 7) is 2.00. The molecule has 0 heterocycles. The van der Waals surface area contributed by atoms with Crippen LogP contribution in [0.3, 0.4) is 0 Å². The molecule has 0 fully saturated rings. The molecule has 1 aromatic rings. The van der Waals surface area contributed by atoms with Crippen molar-refractivity contribution in [2.24, 2.45) is 0 Å². The molecular weight excluding hydrogens is 290 g/mol. The molecule has 0 aliphatic heterocycles. The largest absolute Gasteiger partial charge is 0.398 e.